The van der Waals surface area contributed by atoms with E-state index in [-0.39, 0.29) is 24.8 Å². The van der Waals surface area contributed by atoms with Crippen LogP contribution >= 0.6 is 15.9 Å². The van der Waals surface area contributed by atoms with Gasteiger partial charge in [-0.3, -0.25) is 9.59 Å². The van der Waals surface area contributed by atoms with E-state index in [9.17, 15) is 14.4 Å². The lowest BCUT2D eigenvalue weighted by Gasteiger charge is -2.08. The number of nitrogens with two attached hydrogens (primary N) is 1. The Balaban J connectivity index is 1.69. The summed E-state index contributed by atoms with van der Waals surface area (Å²) in [5.41, 5.74) is 7.04. The maximum Gasteiger partial charge on any atom is 0.316 e. The molecule has 0 aliphatic heterocycles. The number of benzene rings is 2. The minimum Gasteiger partial charge on any atom is -0.352 e. The number of hydrogen-bond acceptors (Lipinski definition) is 3. The second kappa shape index (κ2) is 9.57. The summed E-state index contributed by atoms with van der Waals surface area (Å²) in [7, 11) is 0. The van der Waals surface area contributed by atoms with Gasteiger partial charge in [0.2, 0.25) is 5.91 Å². The normalized spacial score (nSPS) is 10.0. The van der Waals surface area contributed by atoms with Crippen LogP contribution in [0.1, 0.15) is 22.3 Å². The summed E-state index contributed by atoms with van der Waals surface area (Å²) in [5, 5.41) is 7.94. The maximum atomic E-state index is 11.9. The Kier molecular flexibility index (Phi) is 7.16. The quantitative estimate of drug-likeness (QED) is 0.553. The number of halogens is 1. The van der Waals surface area contributed by atoms with E-state index in [1.54, 1.807) is 48.5 Å². The third kappa shape index (κ3) is 6.56. The van der Waals surface area contributed by atoms with Crippen molar-refractivity contribution in [3.8, 4) is 0 Å². The molecule has 0 aliphatic rings. The third-order valence-electron chi connectivity index (χ3n) is 3.46. The third-order valence-corrected chi connectivity index (χ3v) is 3.98. The van der Waals surface area contributed by atoms with Crippen molar-refractivity contribution in [1.82, 2.24) is 10.6 Å². The summed E-state index contributed by atoms with van der Waals surface area (Å²) in [6.45, 7) is 0.610. The van der Waals surface area contributed by atoms with Gasteiger partial charge in [-0.25, -0.2) is 4.79 Å². The highest BCUT2D eigenvalue weighted by atomic mass is 79.9. The molecule has 0 bridgehead atoms. The Hall–Kier alpha value is -2.87. The molecule has 2 aromatic rings. The highest BCUT2D eigenvalue weighted by molar-refractivity contribution is 9.10. The number of primary amides is 1. The minimum absolute atomic E-state index is 0.166. The molecule has 136 valence electrons. The first-order valence-corrected chi connectivity index (χ1v) is 8.69. The average Bonchev–Trinajstić information content (AvgIpc) is 2.61. The Bertz CT molecular complexity index is 776. The molecule has 5 N–H and O–H groups in total. The number of urea groups is 1. The molecule has 0 radical (unpaired) electrons. The monoisotopic (exact) mass is 418 g/mol. The molecule has 26 heavy (non-hydrogen) atoms. The van der Waals surface area contributed by atoms with E-state index in [0.29, 0.717) is 17.8 Å². The summed E-state index contributed by atoms with van der Waals surface area (Å²) in [4.78, 5) is 34.5. The minimum atomic E-state index is -0.628. The molecule has 0 heterocycles. The predicted octanol–water partition coefficient (Wildman–Crippen LogP) is 2.38. The van der Waals surface area contributed by atoms with Crippen LogP contribution in [0.5, 0.6) is 0 Å². The van der Waals surface area contributed by atoms with Gasteiger partial charge in [0.15, 0.2) is 0 Å². The van der Waals surface area contributed by atoms with Crippen LogP contribution in [-0.2, 0) is 11.3 Å². The number of rotatable bonds is 7. The molecular formula is C18H19BrN4O3. The zero-order chi connectivity index (χ0) is 18.9. The fraction of sp³-hybridized carbons (Fsp3) is 0.167. The van der Waals surface area contributed by atoms with E-state index >= 15 is 0 Å². The van der Waals surface area contributed by atoms with Crippen molar-refractivity contribution in [2.45, 2.75) is 13.0 Å². The number of nitrogens with one attached hydrogen (secondary N) is 3. The number of amides is 4. The van der Waals surface area contributed by atoms with Crippen molar-refractivity contribution >= 4 is 39.5 Å². The van der Waals surface area contributed by atoms with Crippen LogP contribution in [-0.4, -0.2) is 24.4 Å². The largest absolute Gasteiger partial charge is 0.352 e. The lowest BCUT2D eigenvalue weighted by Crippen LogP contribution is -2.30. The summed E-state index contributed by atoms with van der Waals surface area (Å²) < 4.78 is 0.895. The number of carbonyl (C=O) groups excluding carboxylic acids is 3. The van der Waals surface area contributed by atoms with Gasteiger partial charge in [-0.2, -0.15) is 0 Å². The van der Waals surface area contributed by atoms with E-state index in [0.717, 1.165) is 10.0 Å². The molecule has 4 amide bonds. The van der Waals surface area contributed by atoms with Crippen LogP contribution in [0, 0.1) is 0 Å². The Morgan fingerprint density at radius 2 is 1.58 bits per heavy atom. The van der Waals surface area contributed by atoms with Gasteiger partial charge in [-0.05, 0) is 42.0 Å². The van der Waals surface area contributed by atoms with Gasteiger partial charge in [0.05, 0.1) is 0 Å². The SMILES string of the molecule is NC(=O)Nc1ccc(CNC(=O)CCNC(=O)c2ccc(Br)cc2)cc1. The van der Waals surface area contributed by atoms with Gasteiger partial charge >= 0.3 is 6.03 Å². The number of carbonyl (C=O) groups is 3. The molecule has 7 nitrogen and oxygen atoms in total. The smallest absolute Gasteiger partial charge is 0.316 e. The lowest BCUT2D eigenvalue weighted by atomic mass is 10.2. The molecule has 0 aliphatic carbocycles. The van der Waals surface area contributed by atoms with E-state index in [4.69, 9.17) is 5.73 Å². The number of anilines is 1. The molecule has 0 fully saturated rings. The fourth-order valence-electron chi connectivity index (χ4n) is 2.13. The molecule has 0 saturated carbocycles. The van der Waals surface area contributed by atoms with Gasteiger partial charge in [0.25, 0.3) is 5.91 Å². The molecule has 2 aromatic carbocycles. The average molecular weight is 419 g/mol. The van der Waals surface area contributed by atoms with Crippen LogP contribution in [0.25, 0.3) is 0 Å². The Morgan fingerprint density at radius 1 is 0.923 bits per heavy atom. The van der Waals surface area contributed by atoms with E-state index in [1.807, 2.05) is 0 Å². The van der Waals surface area contributed by atoms with Crippen molar-refractivity contribution in [1.29, 1.82) is 0 Å². The van der Waals surface area contributed by atoms with Crippen molar-refractivity contribution < 1.29 is 14.4 Å². The second-order valence-electron chi connectivity index (χ2n) is 5.48. The van der Waals surface area contributed by atoms with E-state index in [1.165, 1.54) is 0 Å². The van der Waals surface area contributed by atoms with Gasteiger partial charge in [0, 0.05) is 35.2 Å². The van der Waals surface area contributed by atoms with Gasteiger partial charge in [0.1, 0.15) is 0 Å². The fourth-order valence-corrected chi connectivity index (χ4v) is 2.39. The molecule has 0 unspecified atom stereocenters. The Labute approximate surface area is 159 Å². The first-order chi connectivity index (χ1) is 12.4. The number of hydrogen-bond donors (Lipinski definition) is 4. The second-order valence-corrected chi connectivity index (χ2v) is 6.39. The zero-order valence-electron chi connectivity index (χ0n) is 13.9. The van der Waals surface area contributed by atoms with Gasteiger partial charge < -0.3 is 21.7 Å². The van der Waals surface area contributed by atoms with Crippen LogP contribution in [0.2, 0.25) is 0 Å². The zero-order valence-corrected chi connectivity index (χ0v) is 15.5. The molecule has 0 saturated heterocycles. The summed E-state index contributed by atoms with van der Waals surface area (Å²) >= 11 is 3.31. The van der Waals surface area contributed by atoms with Crippen LogP contribution in [0.15, 0.2) is 53.0 Å². The topological polar surface area (TPSA) is 113 Å². The van der Waals surface area contributed by atoms with Crippen molar-refractivity contribution in [2.75, 3.05) is 11.9 Å². The van der Waals surface area contributed by atoms with Crippen molar-refractivity contribution in [3.05, 3.63) is 64.1 Å². The maximum absolute atomic E-state index is 11.9. The standard InChI is InChI=1S/C18H19BrN4O3/c19-14-5-3-13(4-6-14)17(25)21-10-9-16(24)22-11-12-1-7-15(8-2-12)23-18(20)26/h1-8H,9-11H2,(H,21,25)(H,22,24)(H3,20,23,26). The molecule has 0 aromatic heterocycles. The first-order valence-electron chi connectivity index (χ1n) is 7.90. The van der Waals surface area contributed by atoms with Crippen molar-refractivity contribution in [2.24, 2.45) is 5.73 Å². The highest BCUT2D eigenvalue weighted by Crippen LogP contribution is 2.10. The first kappa shape index (κ1) is 19.5. The van der Waals surface area contributed by atoms with E-state index in [2.05, 4.69) is 31.9 Å². The van der Waals surface area contributed by atoms with Crippen molar-refractivity contribution in [3.63, 3.8) is 0 Å². The lowest BCUT2D eigenvalue weighted by molar-refractivity contribution is -0.121. The molecule has 0 atom stereocenters. The van der Waals surface area contributed by atoms with Crippen LogP contribution in [0.4, 0.5) is 10.5 Å². The van der Waals surface area contributed by atoms with Crippen LogP contribution < -0.4 is 21.7 Å². The Morgan fingerprint density at radius 3 is 2.19 bits per heavy atom. The van der Waals surface area contributed by atoms with E-state index < -0.39 is 6.03 Å². The molecule has 8 heteroatoms. The summed E-state index contributed by atoms with van der Waals surface area (Å²) in [6, 6.07) is 13.3. The molecule has 2 rings (SSSR count). The summed E-state index contributed by atoms with van der Waals surface area (Å²) in [5.74, 6) is -0.386. The van der Waals surface area contributed by atoms with Gasteiger partial charge in [-0.1, -0.05) is 28.1 Å². The highest BCUT2D eigenvalue weighted by Gasteiger charge is 2.06. The van der Waals surface area contributed by atoms with Crippen LogP contribution in [0.3, 0.4) is 0 Å². The molecular weight excluding hydrogens is 400 g/mol. The molecule has 0 spiro atoms. The summed E-state index contributed by atoms with van der Waals surface area (Å²) in [6.07, 6.45) is 0.184. The van der Waals surface area contributed by atoms with Gasteiger partial charge in [-0.15, -0.1) is 0 Å². The predicted molar refractivity (Wildman–Crippen MR) is 103 cm³/mol.